The van der Waals surface area contributed by atoms with Crippen LogP contribution in [-0.2, 0) is 6.18 Å². The zero-order chi connectivity index (χ0) is 25.4. The van der Waals surface area contributed by atoms with Crippen molar-refractivity contribution in [2.24, 2.45) is 0 Å². The van der Waals surface area contributed by atoms with Crippen molar-refractivity contribution < 1.29 is 22.9 Å². The molecule has 1 amide bonds. The molecular weight excluding hydrogens is 477 g/mol. The lowest BCUT2D eigenvalue weighted by atomic mass is 10.1. The van der Waals surface area contributed by atoms with E-state index in [0.717, 1.165) is 41.5 Å². The van der Waals surface area contributed by atoms with Gasteiger partial charge in [-0.2, -0.15) is 18.3 Å². The lowest BCUT2D eigenvalue weighted by Gasteiger charge is -2.13. The van der Waals surface area contributed by atoms with Gasteiger partial charge < -0.3 is 10.3 Å². The van der Waals surface area contributed by atoms with Crippen molar-refractivity contribution in [2.75, 3.05) is 5.32 Å². The van der Waals surface area contributed by atoms with E-state index >= 15 is 0 Å². The molecule has 0 radical (unpaired) electrons. The van der Waals surface area contributed by atoms with E-state index in [1.807, 2.05) is 24.3 Å². The predicted octanol–water partition coefficient (Wildman–Crippen LogP) is 5.59. The van der Waals surface area contributed by atoms with Gasteiger partial charge in [0, 0.05) is 23.4 Å². The number of aromatic nitrogens is 4. The van der Waals surface area contributed by atoms with Crippen LogP contribution in [0.4, 0.5) is 24.5 Å². The summed E-state index contributed by atoms with van der Waals surface area (Å²) in [6.45, 7) is 0. The molecule has 0 unspecified atom stereocenters. The largest absolute Gasteiger partial charge is 0.434 e. The highest BCUT2D eigenvalue weighted by Gasteiger charge is 2.40. The Morgan fingerprint density at radius 2 is 1.78 bits per heavy atom. The molecule has 5 rings (SSSR count). The van der Waals surface area contributed by atoms with E-state index in [9.17, 15) is 28.1 Å². The number of hydrogen-bond donors (Lipinski definition) is 2. The second-order valence-electron chi connectivity index (χ2n) is 7.73. The SMILES string of the molecule is O=C(Nc1cccc(-c2nc3ccccc3[nH]2)c1)c1cnn(-c2ccc([N+](=O)[O-])cc2)c1C(F)(F)F. The smallest absolute Gasteiger partial charge is 0.338 e. The van der Waals surface area contributed by atoms with E-state index in [0.29, 0.717) is 16.1 Å². The summed E-state index contributed by atoms with van der Waals surface area (Å²) in [5, 5.41) is 17.1. The first kappa shape index (κ1) is 22.8. The lowest BCUT2D eigenvalue weighted by Crippen LogP contribution is -2.20. The standard InChI is InChI=1S/C24H15F3N6O3/c25-24(26,27)21-18(13-28-32(21)16-8-10-17(11-9-16)33(35)36)23(34)29-15-5-3-4-14(12-15)22-30-19-6-1-2-7-20(19)31-22/h1-13H,(H,29,34)(H,30,31). The number of H-pyrrole nitrogens is 1. The number of para-hydroxylation sites is 2. The van der Waals surface area contributed by atoms with Gasteiger partial charge in [0.15, 0.2) is 5.69 Å². The molecule has 0 saturated carbocycles. The summed E-state index contributed by atoms with van der Waals surface area (Å²) in [5.41, 5.74) is 0.0690. The van der Waals surface area contributed by atoms with Crippen molar-refractivity contribution in [1.82, 2.24) is 19.7 Å². The molecule has 0 aliphatic heterocycles. The first-order valence-corrected chi connectivity index (χ1v) is 10.5. The molecule has 180 valence electrons. The minimum Gasteiger partial charge on any atom is -0.338 e. The number of nitro benzene ring substituents is 1. The second-order valence-corrected chi connectivity index (χ2v) is 7.73. The van der Waals surface area contributed by atoms with Crippen LogP contribution in [0.1, 0.15) is 16.1 Å². The van der Waals surface area contributed by atoms with Crippen LogP contribution >= 0.6 is 0 Å². The first-order chi connectivity index (χ1) is 17.2. The summed E-state index contributed by atoms with van der Waals surface area (Å²) < 4.78 is 42.4. The third kappa shape index (κ3) is 4.27. The van der Waals surface area contributed by atoms with Crippen LogP contribution in [0.25, 0.3) is 28.1 Å². The van der Waals surface area contributed by atoms with Crippen LogP contribution in [0, 0.1) is 10.1 Å². The van der Waals surface area contributed by atoms with Crippen molar-refractivity contribution in [3.8, 4) is 17.1 Å². The summed E-state index contributed by atoms with van der Waals surface area (Å²) in [6, 6.07) is 18.3. The Morgan fingerprint density at radius 1 is 1.03 bits per heavy atom. The maximum Gasteiger partial charge on any atom is 0.434 e. The fraction of sp³-hybridized carbons (Fsp3) is 0.0417. The number of carbonyl (C=O) groups is 1. The van der Waals surface area contributed by atoms with Crippen molar-refractivity contribution in [2.45, 2.75) is 6.18 Å². The van der Waals surface area contributed by atoms with Crippen LogP contribution in [-0.4, -0.2) is 30.6 Å². The van der Waals surface area contributed by atoms with Gasteiger partial charge in [-0.25, -0.2) is 9.67 Å². The van der Waals surface area contributed by atoms with Gasteiger partial charge in [-0.05, 0) is 36.4 Å². The molecule has 2 heterocycles. The Kier molecular flexibility index (Phi) is 5.47. The topological polar surface area (TPSA) is 119 Å². The summed E-state index contributed by atoms with van der Waals surface area (Å²) in [5.74, 6) is -0.480. The fourth-order valence-corrected chi connectivity index (χ4v) is 3.73. The molecule has 9 nitrogen and oxygen atoms in total. The number of non-ortho nitro benzene ring substituents is 1. The zero-order valence-electron chi connectivity index (χ0n) is 18.2. The number of amides is 1. The van der Waals surface area contributed by atoms with Gasteiger partial charge in [0.25, 0.3) is 11.6 Å². The summed E-state index contributed by atoms with van der Waals surface area (Å²) in [6.07, 6.45) is -4.12. The minimum atomic E-state index is -4.93. The molecule has 12 heteroatoms. The lowest BCUT2D eigenvalue weighted by molar-refractivity contribution is -0.384. The number of anilines is 1. The van der Waals surface area contributed by atoms with E-state index < -0.39 is 28.3 Å². The third-order valence-electron chi connectivity index (χ3n) is 5.37. The summed E-state index contributed by atoms with van der Waals surface area (Å²) in [7, 11) is 0. The Balaban J connectivity index is 1.46. The quantitative estimate of drug-likeness (QED) is 0.245. The molecule has 5 aromatic rings. The summed E-state index contributed by atoms with van der Waals surface area (Å²) >= 11 is 0. The Bertz CT molecular complexity index is 1570. The number of fused-ring (bicyclic) bond motifs is 1. The number of rotatable bonds is 5. The Morgan fingerprint density at radius 3 is 2.47 bits per heavy atom. The van der Waals surface area contributed by atoms with Gasteiger partial charge in [0.1, 0.15) is 5.82 Å². The molecule has 36 heavy (non-hydrogen) atoms. The molecule has 0 aliphatic rings. The van der Waals surface area contributed by atoms with Gasteiger partial charge in [0.2, 0.25) is 0 Å². The number of imidazole rings is 1. The molecule has 3 aromatic carbocycles. The number of carbonyl (C=O) groups excluding carboxylic acids is 1. The van der Waals surface area contributed by atoms with Crippen LogP contribution in [0.2, 0.25) is 0 Å². The average molecular weight is 492 g/mol. The van der Waals surface area contributed by atoms with Crippen molar-refractivity contribution in [1.29, 1.82) is 0 Å². The molecule has 2 aromatic heterocycles. The first-order valence-electron chi connectivity index (χ1n) is 10.5. The van der Waals surface area contributed by atoms with Crippen LogP contribution in [0.5, 0.6) is 0 Å². The number of hydrogen-bond acceptors (Lipinski definition) is 5. The molecule has 0 aliphatic carbocycles. The van der Waals surface area contributed by atoms with Gasteiger partial charge in [-0.1, -0.05) is 24.3 Å². The molecular formula is C24H15F3N6O3. The highest BCUT2D eigenvalue weighted by molar-refractivity contribution is 6.05. The molecule has 0 saturated heterocycles. The van der Waals surface area contributed by atoms with Crippen molar-refractivity contribution in [3.63, 3.8) is 0 Å². The highest BCUT2D eigenvalue weighted by Crippen LogP contribution is 2.34. The van der Waals surface area contributed by atoms with Crippen LogP contribution in [0.15, 0.2) is 79.0 Å². The molecule has 0 atom stereocenters. The Labute approximate surface area is 200 Å². The van der Waals surface area contributed by atoms with Crippen molar-refractivity contribution in [3.05, 3.63) is 100 Å². The molecule has 2 N–H and O–H groups in total. The van der Waals surface area contributed by atoms with Gasteiger partial charge in [-0.3, -0.25) is 14.9 Å². The third-order valence-corrected chi connectivity index (χ3v) is 5.37. The normalized spacial score (nSPS) is 11.5. The zero-order valence-corrected chi connectivity index (χ0v) is 18.2. The predicted molar refractivity (Wildman–Crippen MR) is 125 cm³/mol. The Hall–Kier alpha value is -5.00. The number of nitro groups is 1. The van der Waals surface area contributed by atoms with E-state index in [-0.39, 0.29) is 17.1 Å². The van der Waals surface area contributed by atoms with E-state index in [4.69, 9.17) is 0 Å². The monoisotopic (exact) mass is 492 g/mol. The minimum absolute atomic E-state index is 0.0844. The number of benzene rings is 3. The maximum absolute atomic E-state index is 14.0. The van der Waals surface area contributed by atoms with Gasteiger partial charge >= 0.3 is 6.18 Å². The molecule has 0 fully saturated rings. The van der Waals surface area contributed by atoms with Crippen LogP contribution in [0.3, 0.4) is 0 Å². The number of nitrogens with one attached hydrogen (secondary N) is 2. The van der Waals surface area contributed by atoms with E-state index in [1.54, 1.807) is 18.2 Å². The second kappa shape index (κ2) is 8.65. The van der Waals surface area contributed by atoms with Crippen molar-refractivity contribution >= 4 is 28.3 Å². The molecule has 0 bridgehead atoms. The number of halogens is 3. The molecule has 0 spiro atoms. The number of aromatic amines is 1. The average Bonchev–Trinajstić information content (AvgIpc) is 3.49. The van der Waals surface area contributed by atoms with E-state index in [2.05, 4.69) is 20.4 Å². The maximum atomic E-state index is 14.0. The summed E-state index contributed by atoms with van der Waals surface area (Å²) in [4.78, 5) is 30.7. The van der Waals surface area contributed by atoms with Crippen LogP contribution < -0.4 is 5.32 Å². The number of alkyl halides is 3. The fourth-order valence-electron chi connectivity index (χ4n) is 3.73. The highest BCUT2D eigenvalue weighted by atomic mass is 19.4. The van der Waals surface area contributed by atoms with Gasteiger partial charge in [0.05, 0.1) is 33.4 Å². The van der Waals surface area contributed by atoms with E-state index in [1.165, 1.54) is 6.07 Å². The number of nitrogens with zero attached hydrogens (tertiary/aromatic N) is 4. The van der Waals surface area contributed by atoms with Gasteiger partial charge in [-0.15, -0.1) is 0 Å².